The maximum Gasteiger partial charge on any atom is 0.227 e. The number of nitrogens with zero attached hydrogens (tertiary/aromatic N) is 5. The molecule has 3 aliphatic heterocycles. The van der Waals surface area contributed by atoms with E-state index in [0.29, 0.717) is 25.5 Å². The smallest absolute Gasteiger partial charge is 0.227 e. The molecule has 11 heteroatoms. The number of thioether (sulfide) groups is 1. The van der Waals surface area contributed by atoms with Gasteiger partial charge in [0.1, 0.15) is 0 Å². The van der Waals surface area contributed by atoms with Gasteiger partial charge in [0.05, 0.1) is 24.0 Å². The van der Waals surface area contributed by atoms with Crippen LogP contribution in [0.2, 0.25) is 0 Å². The molecular formula is C21H24N6O3S2. The summed E-state index contributed by atoms with van der Waals surface area (Å²) in [7, 11) is -2.95. The van der Waals surface area contributed by atoms with E-state index >= 15 is 0 Å². The second-order valence-electron chi connectivity index (χ2n) is 8.15. The van der Waals surface area contributed by atoms with E-state index in [1.807, 2.05) is 29.2 Å². The van der Waals surface area contributed by atoms with Crippen molar-refractivity contribution in [1.29, 1.82) is 0 Å². The number of benzene rings is 1. The van der Waals surface area contributed by atoms with Gasteiger partial charge in [-0.05, 0) is 23.8 Å². The van der Waals surface area contributed by atoms with Gasteiger partial charge in [0.25, 0.3) is 0 Å². The Kier molecular flexibility index (Phi) is 5.76. The number of hydrogen-bond acceptors (Lipinski definition) is 9. The molecule has 2 atom stereocenters. The molecule has 0 bridgehead atoms. The number of aromatic nitrogens is 2. The summed E-state index contributed by atoms with van der Waals surface area (Å²) in [6, 6.07) is 9.40. The monoisotopic (exact) mass is 472 g/mol. The fourth-order valence-corrected chi connectivity index (χ4v) is 7.82. The summed E-state index contributed by atoms with van der Waals surface area (Å²) in [6.07, 6.45) is 3.82. The van der Waals surface area contributed by atoms with E-state index in [-0.39, 0.29) is 28.7 Å². The van der Waals surface area contributed by atoms with Crippen LogP contribution in [0.4, 0.5) is 11.6 Å². The first kappa shape index (κ1) is 21.2. The number of carbonyl (C=O) groups is 1. The van der Waals surface area contributed by atoms with Crippen LogP contribution < -0.4 is 10.2 Å². The standard InChI is InChI=1S/C21H24N6O3S2/c28-19(26-8-10-27(11-9-26)20-22-6-1-7-23-20)12-15-2-4-16(5-3-15)24-21-25-17-13-32(29,30)14-18(17)31-21/h1-7,17-18H,8-14H2,(H,24,25). The number of fused-ring (bicyclic) bond motifs is 1. The lowest BCUT2D eigenvalue weighted by atomic mass is 10.1. The van der Waals surface area contributed by atoms with Gasteiger partial charge < -0.3 is 15.1 Å². The largest absolute Gasteiger partial charge is 0.339 e. The van der Waals surface area contributed by atoms with Crippen LogP contribution in [0.15, 0.2) is 47.7 Å². The van der Waals surface area contributed by atoms with Crippen molar-refractivity contribution in [3.8, 4) is 0 Å². The highest BCUT2D eigenvalue weighted by atomic mass is 32.2. The van der Waals surface area contributed by atoms with Crippen LogP contribution in [0.3, 0.4) is 0 Å². The molecule has 1 aromatic carbocycles. The van der Waals surface area contributed by atoms with E-state index in [0.717, 1.165) is 29.5 Å². The van der Waals surface area contributed by atoms with Crippen LogP contribution in [-0.4, -0.2) is 83.3 Å². The van der Waals surface area contributed by atoms with E-state index in [9.17, 15) is 13.2 Å². The third-order valence-corrected chi connectivity index (χ3v) is 8.99. The average molecular weight is 473 g/mol. The van der Waals surface area contributed by atoms with Gasteiger partial charge in [0, 0.05) is 49.5 Å². The minimum atomic E-state index is -2.95. The molecule has 0 aliphatic carbocycles. The average Bonchev–Trinajstić information content (AvgIpc) is 3.28. The Bertz CT molecular complexity index is 1120. The summed E-state index contributed by atoms with van der Waals surface area (Å²) in [5.41, 5.74) is 1.84. The lowest BCUT2D eigenvalue weighted by Gasteiger charge is -2.34. The summed E-state index contributed by atoms with van der Waals surface area (Å²) in [6.45, 7) is 2.76. The summed E-state index contributed by atoms with van der Waals surface area (Å²) in [5, 5.41) is 4.05. The van der Waals surface area contributed by atoms with Crippen molar-refractivity contribution in [3.05, 3.63) is 48.3 Å². The Balaban J connectivity index is 1.12. The van der Waals surface area contributed by atoms with E-state index in [1.165, 1.54) is 11.8 Å². The molecule has 3 aliphatic rings. The van der Waals surface area contributed by atoms with E-state index in [4.69, 9.17) is 0 Å². The van der Waals surface area contributed by atoms with Crippen molar-refractivity contribution in [2.24, 2.45) is 4.99 Å². The fraction of sp³-hybridized carbons (Fsp3) is 0.429. The number of hydrogen-bond donors (Lipinski definition) is 1. The fourth-order valence-electron chi connectivity index (χ4n) is 4.14. The van der Waals surface area contributed by atoms with Gasteiger partial charge in [0.15, 0.2) is 15.0 Å². The Morgan fingerprint density at radius 3 is 2.47 bits per heavy atom. The molecule has 168 valence electrons. The molecule has 5 rings (SSSR count). The molecule has 9 nitrogen and oxygen atoms in total. The lowest BCUT2D eigenvalue weighted by Crippen LogP contribution is -2.49. The zero-order valence-corrected chi connectivity index (χ0v) is 19.1. The molecule has 1 amide bonds. The van der Waals surface area contributed by atoms with Crippen LogP contribution in [0.25, 0.3) is 0 Å². The van der Waals surface area contributed by atoms with Crippen LogP contribution in [0.5, 0.6) is 0 Å². The first-order valence-corrected chi connectivity index (χ1v) is 13.3. The molecule has 0 saturated carbocycles. The molecule has 1 aromatic heterocycles. The number of carbonyl (C=O) groups excluding carboxylic acids is 1. The van der Waals surface area contributed by atoms with Crippen molar-refractivity contribution in [1.82, 2.24) is 14.9 Å². The van der Waals surface area contributed by atoms with Crippen molar-refractivity contribution < 1.29 is 13.2 Å². The zero-order chi connectivity index (χ0) is 22.1. The number of piperazine rings is 1. The third-order valence-electron chi connectivity index (χ3n) is 5.85. The summed E-state index contributed by atoms with van der Waals surface area (Å²) in [4.78, 5) is 29.8. The van der Waals surface area contributed by atoms with Gasteiger partial charge in [0.2, 0.25) is 11.9 Å². The second kappa shape index (κ2) is 8.70. The topological polar surface area (TPSA) is 108 Å². The number of nitrogens with one attached hydrogen (secondary N) is 1. The van der Waals surface area contributed by atoms with Crippen LogP contribution in [0.1, 0.15) is 5.56 Å². The van der Waals surface area contributed by atoms with Gasteiger partial charge in [-0.1, -0.05) is 23.9 Å². The maximum absolute atomic E-state index is 12.7. The molecule has 4 heterocycles. The van der Waals surface area contributed by atoms with Crippen molar-refractivity contribution in [2.45, 2.75) is 17.7 Å². The summed E-state index contributed by atoms with van der Waals surface area (Å²) < 4.78 is 23.4. The number of rotatable bonds is 4. The number of amides is 1. The van der Waals surface area contributed by atoms with Gasteiger partial charge in [-0.15, -0.1) is 0 Å². The predicted molar refractivity (Wildman–Crippen MR) is 126 cm³/mol. The van der Waals surface area contributed by atoms with Crippen LogP contribution >= 0.6 is 11.8 Å². The molecule has 2 aromatic rings. The molecule has 2 fully saturated rings. The van der Waals surface area contributed by atoms with Crippen molar-refractivity contribution >= 4 is 44.3 Å². The number of amidine groups is 1. The maximum atomic E-state index is 12.7. The molecule has 2 saturated heterocycles. The van der Waals surface area contributed by atoms with Gasteiger partial charge in [-0.2, -0.15) is 0 Å². The zero-order valence-electron chi connectivity index (χ0n) is 17.4. The Labute approximate surface area is 191 Å². The first-order valence-electron chi connectivity index (χ1n) is 10.6. The number of anilines is 2. The first-order chi connectivity index (χ1) is 15.4. The quantitative estimate of drug-likeness (QED) is 0.704. The van der Waals surface area contributed by atoms with Gasteiger partial charge in [-0.3, -0.25) is 9.79 Å². The Hall–Kier alpha value is -2.66. The molecule has 1 N–H and O–H groups in total. The van der Waals surface area contributed by atoms with E-state index < -0.39 is 9.84 Å². The predicted octanol–water partition coefficient (Wildman–Crippen LogP) is 1.05. The van der Waals surface area contributed by atoms with Crippen molar-refractivity contribution in [2.75, 3.05) is 47.9 Å². The molecule has 32 heavy (non-hydrogen) atoms. The Morgan fingerprint density at radius 1 is 1.06 bits per heavy atom. The highest BCUT2D eigenvalue weighted by Gasteiger charge is 2.42. The lowest BCUT2D eigenvalue weighted by molar-refractivity contribution is -0.130. The number of aliphatic imine (C=N–C) groups is 1. The minimum Gasteiger partial charge on any atom is -0.339 e. The number of sulfone groups is 1. The molecule has 0 radical (unpaired) electrons. The van der Waals surface area contributed by atoms with Crippen LogP contribution in [-0.2, 0) is 21.1 Å². The van der Waals surface area contributed by atoms with Crippen LogP contribution in [0, 0.1) is 0 Å². The molecule has 0 spiro atoms. The second-order valence-corrected chi connectivity index (χ2v) is 11.5. The summed E-state index contributed by atoms with van der Waals surface area (Å²) >= 11 is 1.50. The molecule has 2 unspecified atom stereocenters. The van der Waals surface area contributed by atoms with E-state index in [2.05, 4.69) is 25.2 Å². The van der Waals surface area contributed by atoms with E-state index in [1.54, 1.807) is 18.5 Å². The normalized spacial score (nSPS) is 24.2. The van der Waals surface area contributed by atoms with Crippen molar-refractivity contribution in [3.63, 3.8) is 0 Å². The molecular weight excluding hydrogens is 448 g/mol. The van der Waals surface area contributed by atoms with Gasteiger partial charge >= 0.3 is 0 Å². The summed E-state index contributed by atoms with van der Waals surface area (Å²) in [5.74, 6) is 1.16. The highest BCUT2D eigenvalue weighted by Crippen LogP contribution is 2.34. The van der Waals surface area contributed by atoms with Gasteiger partial charge in [-0.25, -0.2) is 18.4 Å². The highest BCUT2D eigenvalue weighted by molar-refractivity contribution is 8.15. The SMILES string of the molecule is O=C(Cc1ccc(NC2=NC3CS(=O)(=O)CC3S2)cc1)N1CCN(c2ncccn2)CC1. The third kappa shape index (κ3) is 4.73. The minimum absolute atomic E-state index is 0.0216. The Morgan fingerprint density at radius 2 is 1.78 bits per heavy atom.